The second kappa shape index (κ2) is 4.32. The lowest BCUT2D eigenvalue weighted by Gasteiger charge is -2.03. The molecule has 2 aromatic heterocycles. The van der Waals surface area contributed by atoms with E-state index in [9.17, 15) is 9.18 Å². The van der Waals surface area contributed by atoms with E-state index in [0.717, 1.165) is 6.07 Å². The molecule has 0 aromatic carbocycles. The van der Waals surface area contributed by atoms with E-state index in [0.29, 0.717) is 0 Å². The number of nitrogens with two attached hydrogens (primary N) is 1. The normalized spacial score (nSPS) is 10.3. The Morgan fingerprint density at radius 1 is 1.61 bits per heavy atom. The van der Waals surface area contributed by atoms with Gasteiger partial charge in [-0.1, -0.05) is 5.16 Å². The molecule has 0 unspecified atom stereocenters. The van der Waals surface area contributed by atoms with Gasteiger partial charge in [-0.05, 0) is 6.92 Å². The Labute approximate surface area is 100 Å². The Morgan fingerprint density at radius 3 is 2.94 bits per heavy atom. The molecule has 2 rings (SSSR count). The monoisotopic (exact) mass is 252 g/mol. The first-order valence-corrected chi connectivity index (χ1v) is 4.86. The number of nitrogen functional groups attached to an aromatic ring is 1. The topological polar surface area (TPSA) is 114 Å². The number of rotatable bonds is 2. The van der Waals surface area contributed by atoms with Crippen LogP contribution >= 0.6 is 0 Å². The summed E-state index contributed by atoms with van der Waals surface area (Å²) in [7, 11) is 0. The molecule has 7 nitrogen and oxygen atoms in total. The quantitative estimate of drug-likeness (QED) is 0.751. The molecule has 4 N–H and O–H groups in total. The highest BCUT2D eigenvalue weighted by molar-refractivity contribution is 5.89. The minimum atomic E-state index is -1.31. The Hall–Kier alpha value is -2.64. The van der Waals surface area contributed by atoms with Crippen LogP contribution in [0.2, 0.25) is 0 Å². The molecule has 0 radical (unpaired) electrons. The second-order valence-corrected chi connectivity index (χ2v) is 3.50. The van der Waals surface area contributed by atoms with Crippen LogP contribution in [0.25, 0.3) is 11.5 Å². The summed E-state index contributed by atoms with van der Waals surface area (Å²) >= 11 is 0. The second-order valence-electron chi connectivity index (χ2n) is 3.50. The number of amides is 1. The molecule has 0 aliphatic heterocycles. The minimum absolute atomic E-state index is 0.0543. The summed E-state index contributed by atoms with van der Waals surface area (Å²) < 4.78 is 18.5. The van der Waals surface area contributed by atoms with Crippen LogP contribution < -0.4 is 11.1 Å². The van der Waals surface area contributed by atoms with E-state index < -0.39 is 11.9 Å². The molecule has 0 saturated carbocycles. The average molecular weight is 252 g/mol. The highest BCUT2D eigenvalue weighted by atomic mass is 19.1. The number of nitrogens with one attached hydrogen (secondary N) is 1. The van der Waals surface area contributed by atoms with Crippen LogP contribution in [-0.2, 0) is 0 Å². The van der Waals surface area contributed by atoms with Crippen molar-refractivity contribution in [1.82, 2.24) is 10.1 Å². The Bertz CT molecular complexity index is 611. The van der Waals surface area contributed by atoms with Gasteiger partial charge in [0.05, 0.1) is 11.9 Å². The summed E-state index contributed by atoms with van der Waals surface area (Å²) in [4.78, 5) is 14.4. The first kappa shape index (κ1) is 11.8. The fourth-order valence-corrected chi connectivity index (χ4v) is 1.41. The van der Waals surface area contributed by atoms with Gasteiger partial charge < -0.3 is 15.4 Å². The Morgan fingerprint density at radius 2 is 2.33 bits per heavy atom. The lowest BCUT2D eigenvalue weighted by molar-refractivity contribution is 0.209. The van der Waals surface area contributed by atoms with E-state index in [2.05, 4.69) is 15.5 Å². The van der Waals surface area contributed by atoms with E-state index >= 15 is 0 Å². The minimum Gasteiger partial charge on any atom is -0.465 e. The van der Waals surface area contributed by atoms with Crippen molar-refractivity contribution in [3.63, 3.8) is 0 Å². The fourth-order valence-electron chi connectivity index (χ4n) is 1.41. The summed E-state index contributed by atoms with van der Waals surface area (Å²) in [6.45, 7) is 1.52. The predicted octanol–water partition coefficient (Wildman–Crippen LogP) is 1.86. The molecule has 0 spiro atoms. The zero-order valence-electron chi connectivity index (χ0n) is 9.27. The van der Waals surface area contributed by atoms with Gasteiger partial charge in [-0.25, -0.2) is 14.2 Å². The van der Waals surface area contributed by atoms with Gasteiger partial charge in [0.15, 0.2) is 5.82 Å². The molecule has 2 heterocycles. The highest BCUT2D eigenvalue weighted by Gasteiger charge is 2.21. The predicted molar refractivity (Wildman–Crippen MR) is 60.5 cm³/mol. The zero-order chi connectivity index (χ0) is 13.3. The third-order valence-corrected chi connectivity index (χ3v) is 2.17. The first-order chi connectivity index (χ1) is 8.49. The maximum absolute atomic E-state index is 13.7. The van der Waals surface area contributed by atoms with Crippen LogP contribution in [0.3, 0.4) is 0 Å². The van der Waals surface area contributed by atoms with Crippen molar-refractivity contribution >= 4 is 17.5 Å². The maximum Gasteiger partial charge on any atom is 0.409 e. The fraction of sp³-hybridized carbons (Fsp3) is 0.100. The lowest BCUT2D eigenvalue weighted by atomic mass is 10.2. The molecule has 0 atom stereocenters. The van der Waals surface area contributed by atoms with E-state index in [1.54, 1.807) is 0 Å². The number of nitrogens with zero attached hydrogens (tertiary/aromatic N) is 2. The molecule has 18 heavy (non-hydrogen) atoms. The van der Waals surface area contributed by atoms with Crippen LogP contribution in [0.15, 0.2) is 16.8 Å². The summed E-state index contributed by atoms with van der Waals surface area (Å²) in [6.07, 6.45) is -0.0701. The van der Waals surface area contributed by atoms with Crippen LogP contribution in [0, 0.1) is 12.7 Å². The van der Waals surface area contributed by atoms with Crippen molar-refractivity contribution < 1.29 is 18.8 Å². The number of aryl methyl sites for hydroxylation is 1. The van der Waals surface area contributed by atoms with Gasteiger partial charge in [0.25, 0.3) is 0 Å². The summed E-state index contributed by atoms with van der Waals surface area (Å²) in [6, 6.07) is 1.06. The van der Waals surface area contributed by atoms with Gasteiger partial charge in [0, 0.05) is 6.07 Å². The molecule has 0 aliphatic carbocycles. The van der Waals surface area contributed by atoms with Crippen LogP contribution in [-0.4, -0.2) is 21.3 Å². The number of halogens is 1. The third kappa shape index (κ3) is 2.08. The van der Waals surface area contributed by atoms with Crippen molar-refractivity contribution in [2.45, 2.75) is 6.92 Å². The Kier molecular flexibility index (Phi) is 2.84. The van der Waals surface area contributed by atoms with Crippen molar-refractivity contribution in [2.75, 3.05) is 11.1 Å². The zero-order valence-corrected chi connectivity index (χ0v) is 9.27. The van der Waals surface area contributed by atoms with Crippen LogP contribution in [0.5, 0.6) is 0 Å². The Balaban J connectivity index is 2.53. The smallest absolute Gasteiger partial charge is 0.409 e. The van der Waals surface area contributed by atoms with Gasteiger partial charge in [-0.3, -0.25) is 5.32 Å². The number of hydrogen-bond acceptors (Lipinski definition) is 5. The third-order valence-electron chi connectivity index (χ3n) is 2.17. The molecular weight excluding hydrogens is 243 g/mol. The SMILES string of the molecule is Cc1noc(-c2ncc(N)cc2F)c1NC(=O)O. The van der Waals surface area contributed by atoms with E-state index in [1.807, 2.05) is 0 Å². The molecule has 94 valence electrons. The van der Waals surface area contributed by atoms with Crippen molar-refractivity contribution in [2.24, 2.45) is 0 Å². The first-order valence-electron chi connectivity index (χ1n) is 4.86. The van der Waals surface area contributed by atoms with Crippen molar-refractivity contribution in [3.8, 4) is 11.5 Å². The number of carbonyl (C=O) groups is 1. The summed E-state index contributed by atoms with van der Waals surface area (Å²) in [5.41, 5.74) is 5.70. The van der Waals surface area contributed by atoms with Gasteiger partial charge in [-0.2, -0.15) is 0 Å². The molecule has 0 bridgehead atoms. The standard InChI is InChI=1S/C10H9FN4O3/c1-4-7(14-10(16)17)9(18-15-4)8-6(11)2-5(12)3-13-8/h2-3,14H,12H2,1H3,(H,16,17). The number of anilines is 2. The average Bonchev–Trinajstić information content (AvgIpc) is 2.60. The highest BCUT2D eigenvalue weighted by Crippen LogP contribution is 2.31. The van der Waals surface area contributed by atoms with E-state index in [4.69, 9.17) is 15.4 Å². The van der Waals surface area contributed by atoms with Crippen LogP contribution in [0.4, 0.5) is 20.6 Å². The largest absolute Gasteiger partial charge is 0.465 e. The van der Waals surface area contributed by atoms with E-state index in [1.165, 1.54) is 13.1 Å². The molecule has 8 heteroatoms. The summed E-state index contributed by atoms with van der Waals surface area (Å²) in [5.74, 6) is -0.813. The lowest BCUT2D eigenvalue weighted by Crippen LogP contribution is -2.08. The number of aromatic nitrogens is 2. The van der Waals surface area contributed by atoms with E-state index in [-0.39, 0.29) is 28.5 Å². The van der Waals surface area contributed by atoms with Crippen LogP contribution in [0.1, 0.15) is 5.69 Å². The molecular formula is C10H9FN4O3. The summed E-state index contributed by atoms with van der Waals surface area (Å²) in [5, 5.41) is 14.3. The molecule has 0 saturated heterocycles. The van der Waals surface area contributed by atoms with Gasteiger partial charge in [0.1, 0.15) is 17.1 Å². The maximum atomic E-state index is 13.7. The van der Waals surface area contributed by atoms with Gasteiger partial charge in [-0.15, -0.1) is 0 Å². The van der Waals surface area contributed by atoms with Gasteiger partial charge >= 0.3 is 6.09 Å². The van der Waals surface area contributed by atoms with Gasteiger partial charge in [0.2, 0.25) is 5.76 Å². The molecule has 1 amide bonds. The number of carboxylic acid groups (broad SMARTS) is 1. The molecule has 0 fully saturated rings. The molecule has 2 aromatic rings. The number of hydrogen-bond donors (Lipinski definition) is 3. The number of pyridine rings is 1. The molecule has 0 aliphatic rings. The van der Waals surface area contributed by atoms with Crippen molar-refractivity contribution in [3.05, 3.63) is 23.8 Å². The van der Waals surface area contributed by atoms with Crippen molar-refractivity contribution in [1.29, 1.82) is 0 Å².